The Morgan fingerprint density at radius 1 is 1.05 bits per heavy atom. The average Bonchev–Trinajstić information content (AvgIpc) is 2.49. The molecular weight excluding hydrogens is 250 g/mol. The SMILES string of the molecule is O=c1cc(-c2ccccc2)nc(Cc2cccnc2)[nH]1. The molecule has 0 aliphatic rings. The van der Waals surface area contributed by atoms with Gasteiger partial charge in [-0.25, -0.2) is 4.98 Å². The van der Waals surface area contributed by atoms with Gasteiger partial charge in [-0.1, -0.05) is 36.4 Å². The second-order valence-electron chi connectivity index (χ2n) is 4.48. The molecule has 1 N–H and O–H groups in total. The van der Waals surface area contributed by atoms with Crippen molar-refractivity contribution in [1.82, 2.24) is 15.0 Å². The Balaban J connectivity index is 1.97. The third-order valence-electron chi connectivity index (χ3n) is 2.95. The summed E-state index contributed by atoms with van der Waals surface area (Å²) in [6.07, 6.45) is 4.05. The van der Waals surface area contributed by atoms with Crippen molar-refractivity contribution in [3.63, 3.8) is 0 Å². The summed E-state index contributed by atoms with van der Waals surface area (Å²) < 4.78 is 0. The zero-order valence-corrected chi connectivity index (χ0v) is 10.8. The van der Waals surface area contributed by atoms with Crippen LogP contribution < -0.4 is 5.56 Å². The van der Waals surface area contributed by atoms with Gasteiger partial charge in [-0.3, -0.25) is 9.78 Å². The fourth-order valence-corrected chi connectivity index (χ4v) is 2.04. The van der Waals surface area contributed by atoms with Crippen molar-refractivity contribution in [2.24, 2.45) is 0 Å². The molecule has 0 atom stereocenters. The molecule has 0 radical (unpaired) electrons. The number of nitrogens with zero attached hydrogens (tertiary/aromatic N) is 2. The summed E-state index contributed by atoms with van der Waals surface area (Å²) in [7, 11) is 0. The minimum Gasteiger partial charge on any atom is -0.310 e. The highest BCUT2D eigenvalue weighted by atomic mass is 16.1. The molecule has 98 valence electrons. The summed E-state index contributed by atoms with van der Waals surface area (Å²) in [5.41, 5.74) is 2.50. The van der Waals surface area contributed by atoms with E-state index >= 15 is 0 Å². The molecule has 0 bridgehead atoms. The first-order chi connectivity index (χ1) is 9.81. The predicted octanol–water partition coefficient (Wildman–Crippen LogP) is 2.42. The fourth-order valence-electron chi connectivity index (χ4n) is 2.04. The molecule has 2 aromatic heterocycles. The first kappa shape index (κ1) is 12.3. The summed E-state index contributed by atoms with van der Waals surface area (Å²) in [4.78, 5) is 23.1. The van der Waals surface area contributed by atoms with Crippen LogP contribution in [0, 0.1) is 0 Å². The van der Waals surface area contributed by atoms with Crippen molar-refractivity contribution < 1.29 is 0 Å². The fraction of sp³-hybridized carbons (Fsp3) is 0.0625. The first-order valence-electron chi connectivity index (χ1n) is 6.36. The summed E-state index contributed by atoms with van der Waals surface area (Å²) in [5, 5.41) is 0. The quantitative estimate of drug-likeness (QED) is 0.789. The van der Waals surface area contributed by atoms with Crippen molar-refractivity contribution >= 4 is 0 Å². The largest absolute Gasteiger partial charge is 0.310 e. The number of aromatic nitrogens is 3. The van der Waals surface area contributed by atoms with Gasteiger partial charge in [0.1, 0.15) is 5.82 Å². The smallest absolute Gasteiger partial charge is 0.251 e. The Morgan fingerprint density at radius 3 is 2.65 bits per heavy atom. The normalized spacial score (nSPS) is 10.4. The van der Waals surface area contributed by atoms with E-state index in [-0.39, 0.29) is 5.56 Å². The number of aromatic amines is 1. The maximum Gasteiger partial charge on any atom is 0.251 e. The van der Waals surface area contributed by atoms with Crippen LogP contribution in [0.2, 0.25) is 0 Å². The van der Waals surface area contributed by atoms with E-state index in [1.54, 1.807) is 12.4 Å². The highest BCUT2D eigenvalue weighted by Gasteiger charge is 2.04. The van der Waals surface area contributed by atoms with Crippen LogP contribution in [0.5, 0.6) is 0 Å². The molecule has 0 amide bonds. The van der Waals surface area contributed by atoms with Crippen LogP contribution in [0.15, 0.2) is 65.7 Å². The molecule has 4 nitrogen and oxygen atoms in total. The van der Waals surface area contributed by atoms with Crippen LogP contribution in [0.1, 0.15) is 11.4 Å². The number of hydrogen-bond acceptors (Lipinski definition) is 3. The molecule has 0 aliphatic heterocycles. The van der Waals surface area contributed by atoms with Crippen LogP contribution in [0.3, 0.4) is 0 Å². The van der Waals surface area contributed by atoms with Crippen molar-refractivity contribution in [1.29, 1.82) is 0 Å². The lowest BCUT2D eigenvalue weighted by Gasteiger charge is -2.04. The van der Waals surface area contributed by atoms with Gasteiger partial charge in [0.25, 0.3) is 5.56 Å². The lowest BCUT2D eigenvalue weighted by atomic mass is 10.1. The number of pyridine rings is 1. The first-order valence-corrected chi connectivity index (χ1v) is 6.36. The van der Waals surface area contributed by atoms with Crippen LogP contribution in [-0.2, 0) is 6.42 Å². The Labute approximate surface area is 116 Å². The Bertz CT molecular complexity index is 751. The molecule has 0 spiro atoms. The lowest BCUT2D eigenvalue weighted by Crippen LogP contribution is -2.11. The minimum absolute atomic E-state index is 0.141. The zero-order chi connectivity index (χ0) is 13.8. The minimum atomic E-state index is -0.141. The Morgan fingerprint density at radius 2 is 1.90 bits per heavy atom. The second kappa shape index (κ2) is 5.48. The lowest BCUT2D eigenvalue weighted by molar-refractivity contribution is 0.944. The maximum atomic E-state index is 11.8. The molecule has 0 fully saturated rings. The maximum absolute atomic E-state index is 11.8. The number of H-pyrrole nitrogens is 1. The van der Waals surface area contributed by atoms with Crippen LogP contribution in [0.25, 0.3) is 11.3 Å². The number of benzene rings is 1. The van der Waals surface area contributed by atoms with E-state index in [9.17, 15) is 4.79 Å². The highest BCUT2D eigenvalue weighted by Crippen LogP contribution is 2.15. The standard InChI is InChI=1S/C16H13N3O/c20-16-10-14(13-6-2-1-3-7-13)18-15(19-16)9-12-5-4-8-17-11-12/h1-8,10-11H,9H2,(H,18,19,20). The molecule has 0 saturated carbocycles. The van der Waals surface area contributed by atoms with E-state index in [2.05, 4.69) is 15.0 Å². The monoisotopic (exact) mass is 263 g/mol. The highest BCUT2D eigenvalue weighted by molar-refractivity contribution is 5.58. The third-order valence-corrected chi connectivity index (χ3v) is 2.95. The number of nitrogens with one attached hydrogen (secondary N) is 1. The number of hydrogen-bond donors (Lipinski definition) is 1. The summed E-state index contributed by atoms with van der Waals surface area (Å²) in [6, 6.07) is 15.0. The summed E-state index contributed by atoms with van der Waals surface area (Å²) in [5.74, 6) is 0.643. The van der Waals surface area contributed by atoms with Gasteiger partial charge in [0, 0.05) is 30.4 Å². The predicted molar refractivity (Wildman–Crippen MR) is 77.3 cm³/mol. The van der Waals surface area contributed by atoms with Crippen LogP contribution >= 0.6 is 0 Å². The van der Waals surface area contributed by atoms with Gasteiger partial charge in [0.2, 0.25) is 0 Å². The molecule has 2 heterocycles. The van der Waals surface area contributed by atoms with Crippen LogP contribution in [0.4, 0.5) is 0 Å². The van der Waals surface area contributed by atoms with E-state index in [4.69, 9.17) is 0 Å². The third kappa shape index (κ3) is 2.80. The summed E-state index contributed by atoms with van der Waals surface area (Å²) in [6.45, 7) is 0. The van der Waals surface area contributed by atoms with Crippen molar-refractivity contribution in [3.05, 3.63) is 82.7 Å². The van der Waals surface area contributed by atoms with Crippen molar-refractivity contribution in [2.45, 2.75) is 6.42 Å². The molecule has 0 aliphatic carbocycles. The topological polar surface area (TPSA) is 58.6 Å². The van der Waals surface area contributed by atoms with E-state index in [1.165, 1.54) is 6.07 Å². The van der Waals surface area contributed by atoms with E-state index in [0.29, 0.717) is 17.9 Å². The molecule has 3 rings (SSSR count). The van der Waals surface area contributed by atoms with Gasteiger partial charge in [0.15, 0.2) is 0 Å². The van der Waals surface area contributed by atoms with Gasteiger partial charge in [-0.2, -0.15) is 0 Å². The summed E-state index contributed by atoms with van der Waals surface area (Å²) >= 11 is 0. The van der Waals surface area contributed by atoms with Gasteiger partial charge in [-0.05, 0) is 11.6 Å². The van der Waals surface area contributed by atoms with Gasteiger partial charge in [-0.15, -0.1) is 0 Å². The van der Waals surface area contributed by atoms with Crippen molar-refractivity contribution in [2.75, 3.05) is 0 Å². The molecule has 3 aromatic rings. The van der Waals surface area contributed by atoms with E-state index in [0.717, 1.165) is 11.1 Å². The molecule has 20 heavy (non-hydrogen) atoms. The van der Waals surface area contributed by atoms with Gasteiger partial charge >= 0.3 is 0 Å². The molecular formula is C16H13N3O. The van der Waals surface area contributed by atoms with Crippen molar-refractivity contribution in [3.8, 4) is 11.3 Å². The second-order valence-corrected chi connectivity index (χ2v) is 4.48. The molecule has 0 saturated heterocycles. The van der Waals surface area contributed by atoms with E-state index in [1.807, 2.05) is 42.5 Å². The Kier molecular flexibility index (Phi) is 3.37. The average molecular weight is 263 g/mol. The van der Waals surface area contributed by atoms with Gasteiger partial charge < -0.3 is 4.98 Å². The zero-order valence-electron chi connectivity index (χ0n) is 10.8. The molecule has 1 aromatic carbocycles. The Hall–Kier alpha value is -2.75. The van der Waals surface area contributed by atoms with E-state index < -0.39 is 0 Å². The van der Waals surface area contributed by atoms with Gasteiger partial charge in [0.05, 0.1) is 5.69 Å². The molecule has 0 unspecified atom stereocenters. The number of rotatable bonds is 3. The molecule has 4 heteroatoms. The van der Waals surface area contributed by atoms with Crippen LogP contribution in [-0.4, -0.2) is 15.0 Å².